The Hall–Kier alpha value is -3.36. The average Bonchev–Trinajstić information content (AvgIpc) is 2.70. The number of sulfonamides is 1. The van der Waals surface area contributed by atoms with Crippen molar-refractivity contribution >= 4 is 50.5 Å². The van der Waals surface area contributed by atoms with E-state index in [-0.39, 0.29) is 16.5 Å². The van der Waals surface area contributed by atoms with Gasteiger partial charge in [-0.15, -0.1) is 0 Å². The molecule has 0 aliphatic heterocycles. The summed E-state index contributed by atoms with van der Waals surface area (Å²) < 4.78 is 28.6. The van der Waals surface area contributed by atoms with Crippen molar-refractivity contribution in [2.45, 2.75) is 18.7 Å². The number of para-hydroxylation sites is 2. The zero-order chi connectivity index (χ0) is 22.6. The van der Waals surface area contributed by atoms with E-state index in [4.69, 9.17) is 11.6 Å². The molecule has 0 saturated heterocycles. The molecule has 0 heterocycles. The van der Waals surface area contributed by atoms with Gasteiger partial charge in [-0.05, 0) is 61.0 Å². The lowest BCUT2D eigenvalue weighted by atomic mass is 10.2. The van der Waals surface area contributed by atoms with E-state index in [1.165, 1.54) is 13.0 Å². The van der Waals surface area contributed by atoms with Crippen LogP contribution in [0.5, 0.6) is 0 Å². The number of hydrogen-bond donors (Lipinski definition) is 3. The fourth-order valence-corrected chi connectivity index (χ4v) is 4.32. The van der Waals surface area contributed by atoms with Gasteiger partial charge in [-0.2, -0.15) is 0 Å². The molecule has 0 aliphatic rings. The first-order valence-electron chi connectivity index (χ1n) is 9.23. The number of halogens is 1. The zero-order valence-electron chi connectivity index (χ0n) is 16.8. The molecule has 0 unspecified atom stereocenters. The maximum absolute atomic E-state index is 13.1. The second-order valence-corrected chi connectivity index (χ2v) is 8.86. The van der Waals surface area contributed by atoms with E-state index in [2.05, 4.69) is 15.4 Å². The molecule has 31 heavy (non-hydrogen) atoms. The molecule has 0 saturated carbocycles. The lowest BCUT2D eigenvalue weighted by Gasteiger charge is -2.15. The molecule has 0 aromatic heterocycles. The highest BCUT2D eigenvalue weighted by Crippen LogP contribution is 2.27. The summed E-state index contributed by atoms with van der Waals surface area (Å²) in [7, 11) is -4.00. The molecule has 3 N–H and O–H groups in total. The molecule has 7 nitrogen and oxygen atoms in total. The lowest BCUT2D eigenvalue weighted by molar-refractivity contribution is -0.114. The number of hydrogen-bond acceptors (Lipinski definition) is 4. The second kappa shape index (κ2) is 9.20. The van der Waals surface area contributed by atoms with Crippen LogP contribution in [0.4, 0.5) is 17.1 Å². The van der Waals surface area contributed by atoms with Gasteiger partial charge < -0.3 is 10.6 Å². The van der Waals surface area contributed by atoms with Crippen molar-refractivity contribution in [3.63, 3.8) is 0 Å². The van der Waals surface area contributed by atoms with Gasteiger partial charge in [-0.1, -0.05) is 29.8 Å². The minimum absolute atomic E-state index is 0.0116. The third-order valence-corrected chi connectivity index (χ3v) is 6.08. The summed E-state index contributed by atoms with van der Waals surface area (Å²) >= 11 is 5.85. The summed E-state index contributed by atoms with van der Waals surface area (Å²) in [6, 6.07) is 17.4. The SMILES string of the molecule is CC(=O)Nc1ccc(C)c(S(=O)(=O)Nc2ccccc2NC(=O)c2ccc(Cl)cc2)c1. The van der Waals surface area contributed by atoms with E-state index >= 15 is 0 Å². The van der Waals surface area contributed by atoms with Crippen LogP contribution in [0.15, 0.2) is 71.6 Å². The maximum atomic E-state index is 13.1. The van der Waals surface area contributed by atoms with Gasteiger partial charge in [0.25, 0.3) is 15.9 Å². The van der Waals surface area contributed by atoms with Crippen molar-refractivity contribution in [1.29, 1.82) is 0 Å². The standard InChI is InChI=1S/C22H20ClN3O4S/c1-14-7-12-18(24-15(2)27)13-21(14)31(29,30)26-20-6-4-3-5-19(20)25-22(28)16-8-10-17(23)11-9-16/h3-13,26H,1-2H3,(H,24,27)(H,25,28). The van der Waals surface area contributed by atoms with Gasteiger partial charge in [0.15, 0.2) is 0 Å². The predicted octanol–water partition coefficient (Wildman–Crippen LogP) is 4.66. The van der Waals surface area contributed by atoms with Crippen LogP contribution in [0.3, 0.4) is 0 Å². The molecule has 0 aliphatic carbocycles. The van der Waals surface area contributed by atoms with E-state index in [0.29, 0.717) is 27.5 Å². The molecule has 160 valence electrons. The van der Waals surface area contributed by atoms with Gasteiger partial charge in [0, 0.05) is 23.2 Å². The summed E-state index contributed by atoms with van der Waals surface area (Å²) in [6.07, 6.45) is 0. The monoisotopic (exact) mass is 457 g/mol. The quantitative estimate of drug-likeness (QED) is 0.500. The predicted molar refractivity (Wildman–Crippen MR) is 122 cm³/mol. The van der Waals surface area contributed by atoms with Crippen molar-refractivity contribution in [2.24, 2.45) is 0 Å². The van der Waals surface area contributed by atoms with E-state index < -0.39 is 15.9 Å². The smallest absolute Gasteiger partial charge is 0.262 e. The van der Waals surface area contributed by atoms with Crippen LogP contribution in [-0.4, -0.2) is 20.2 Å². The Labute approximate surface area is 185 Å². The Bertz CT molecular complexity index is 1240. The van der Waals surface area contributed by atoms with Crippen molar-refractivity contribution in [3.05, 3.63) is 82.9 Å². The first-order chi connectivity index (χ1) is 14.7. The highest BCUT2D eigenvalue weighted by Gasteiger charge is 2.20. The van der Waals surface area contributed by atoms with Crippen LogP contribution < -0.4 is 15.4 Å². The molecule has 3 aromatic rings. The average molecular weight is 458 g/mol. The van der Waals surface area contributed by atoms with Crippen LogP contribution >= 0.6 is 11.6 Å². The van der Waals surface area contributed by atoms with E-state index in [1.54, 1.807) is 67.6 Å². The van der Waals surface area contributed by atoms with Crippen LogP contribution in [0, 0.1) is 6.92 Å². The molecule has 0 fully saturated rings. The van der Waals surface area contributed by atoms with Crippen LogP contribution in [0.1, 0.15) is 22.8 Å². The topological polar surface area (TPSA) is 104 Å². The molecule has 3 aromatic carbocycles. The first kappa shape index (κ1) is 22.3. The molecular formula is C22H20ClN3O4S. The third-order valence-electron chi connectivity index (χ3n) is 4.32. The Morgan fingerprint density at radius 2 is 1.52 bits per heavy atom. The van der Waals surface area contributed by atoms with Gasteiger partial charge in [-0.25, -0.2) is 8.42 Å². The Balaban J connectivity index is 1.88. The highest BCUT2D eigenvalue weighted by atomic mass is 35.5. The Morgan fingerprint density at radius 1 is 0.871 bits per heavy atom. The maximum Gasteiger partial charge on any atom is 0.262 e. The molecule has 9 heteroatoms. The number of anilines is 3. The number of rotatable bonds is 6. The summed E-state index contributed by atoms with van der Waals surface area (Å²) in [6.45, 7) is 2.99. The van der Waals surface area contributed by atoms with Gasteiger partial charge in [0.05, 0.1) is 16.3 Å². The van der Waals surface area contributed by atoms with Crippen LogP contribution in [0.25, 0.3) is 0 Å². The van der Waals surface area contributed by atoms with Crippen molar-refractivity contribution in [2.75, 3.05) is 15.4 Å². The molecule has 0 atom stereocenters. The van der Waals surface area contributed by atoms with Crippen molar-refractivity contribution in [1.82, 2.24) is 0 Å². The summed E-state index contributed by atoms with van der Waals surface area (Å²) in [5, 5.41) is 5.78. The van der Waals surface area contributed by atoms with Crippen LogP contribution in [0.2, 0.25) is 5.02 Å². The van der Waals surface area contributed by atoms with E-state index in [1.807, 2.05) is 0 Å². The van der Waals surface area contributed by atoms with Gasteiger partial charge in [0.2, 0.25) is 5.91 Å². The number of carbonyl (C=O) groups excluding carboxylic acids is 2. The molecule has 3 rings (SSSR count). The number of amides is 2. The van der Waals surface area contributed by atoms with Gasteiger partial charge >= 0.3 is 0 Å². The number of aryl methyl sites for hydroxylation is 1. The summed E-state index contributed by atoms with van der Waals surface area (Å²) in [4.78, 5) is 23.9. The van der Waals surface area contributed by atoms with Gasteiger partial charge in [0.1, 0.15) is 0 Å². The normalized spacial score (nSPS) is 10.9. The van der Waals surface area contributed by atoms with Crippen LogP contribution in [-0.2, 0) is 14.8 Å². The minimum Gasteiger partial charge on any atom is -0.326 e. The third kappa shape index (κ3) is 5.62. The molecular weight excluding hydrogens is 438 g/mol. The largest absolute Gasteiger partial charge is 0.326 e. The Morgan fingerprint density at radius 3 is 2.16 bits per heavy atom. The Kier molecular flexibility index (Phi) is 6.62. The number of nitrogens with one attached hydrogen (secondary N) is 3. The number of benzene rings is 3. The molecule has 0 spiro atoms. The summed E-state index contributed by atoms with van der Waals surface area (Å²) in [5.74, 6) is -0.720. The van der Waals surface area contributed by atoms with Gasteiger partial charge in [-0.3, -0.25) is 14.3 Å². The highest BCUT2D eigenvalue weighted by molar-refractivity contribution is 7.92. The molecule has 0 radical (unpaired) electrons. The molecule has 0 bridgehead atoms. The zero-order valence-corrected chi connectivity index (χ0v) is 18.3. The minimum atomic E-state index is -4.00. The fourth-order valence-electron chi connectivity index (χ4n) is 2.85. The lowest BCUT2D eigenvalue weighted by Crippen LogP contribution is -2.18. The van der Waals surface area contributed by atoms with E-state index in [0.717, 1.165) is 0 Å². The number of carbonyl (C=O) groups is 2. The second-order valence-electron chi connectivity index (χ2n) is 6.77. The summed E-state index contributed by atoms with van der Waals surface area (Å²) in [5.41, 5.74) is 1.74. The molecule has 2 amide bonds. The van der Waals surface area contributed by atoms with E-state index in [9.17, 15) is 18.0 Å². The van der Waals surface area contributed by atoms with Crippen molar-refractivity contribution < 1.29 is 18.0 Å². The first-order valence-corrected chi connectivity index (χ1v) is 11.1. The van der Waals surface area contributed by atoms with Crippen molar-refractivity contribution in [3.8, 4) is 0 Å². The fraction of sp³-hybridized carbons (Fsp3) is 0.0909.